The smallest absolute Gasteiger partial charge is 0.0556 e. The summed E-state index contributed by atoms with van der Waals surface area (Å²) in [6, 6.07) is 1.26. The van der Waals surface area contributed by atoms with Crippen molar-refractivity contribution in [2.45, 2.75) is 52.1 Å². The van der Waals surface area contributed by atoms with Crippen molar-refractivity contribution in [3.63, 3.8) is 0 Å². The van der Waals surface area contributed by atoms with Crippen molar-refractivity contribution >= 4 is 0 Å². The molecule has 3 nitrogen and oxygen atoms in total. The van der Waals surface area contributed by atoms with Gasteiger partial charge in [0.05, 0.1) is 6.61 Å². The summed E-state index contributed by atoms with van der Waals surface area (Å²) in [4.78, 5) is 2.60. The van der Waals surface area contributed by atoms with Crippen LogP contribution in [0, 0.1) is 5.92 Å². The normalized spacial score (nSPS) is 29.2. The predicted octanol–water partition coefficient (Wildman–Crippen LogP) is 1.47. The zero-order chi connectivity index (χ0) is 12.0. The fraction of sp³-hybridized carbons (Fsp3) is 1.00. The zero-order valence-electron chi connectivity index (χ0n) is 11.1. The lowest BCUT2D eigenvalue weighted by molar-refractivity contribution is 0.0983. The topological polar surface area (TPSA) is 35.5 Å². The van der Waals surface area contributed by atoms with E-state index in [2.05, 4.69) is 31.0 Å². The van der Waals surface area contributed by atoms with Gasteiger partial charge in [0.15, 0.2) is 0 Å². The van der Waals surface area contributed by atoms with E-state index in [1.807, 2.05) is 0 Å². The molecule has 0 aromatic rings. The molecular weight excluding hydrogens is 200 g/mol. The van der Waals surface area contributed by atoms with E-state index in [0.29, 0.717) is 12.1 Å². The highest BCUT2D eigenvalue weighted by Gasteiger charge is 2.27. The maximum atomic E-state index is 8.87. The summed E-state index contributed by atoms with van der Waals surface area (Å²) in [5, 5.41) is 12.3. The number of piperidine rings is 1. The summed E-state index contributed by atoms with van der Waals surface area (Å²) in [5.41, 5.74) is 0. The number of aliphatic hydroxyl groups excluding tert-OH is 1. The number of hydrogen-bond acceptors (Lipinski definition) is 3. The third-order valence-electron chi connectivity index (χ3n) is 3.90. The number of likely N-dealkylation sites (tertiary alicyclic amines) is 1. The van der Waals surface area contributed by atoms with Crippen molar-refractivity contribution in [2.24, 2.45) is 5.92 Å². The maximum Gasteiger partial charge on any atom is 0.0556 e. The van der Waals surface area contributed by atoms with Gasteiger partial charge in [-0.15, -0.1) is 0 Å². The average Bonchev–Trinajstić information content (AvgIpc) is 2.34. The minimum absolute atomic E-state index is 0.247. The van der Waals surface area contributed by atoms with E-state index in [4.69, 9.17) is 5.11 Å². The highest BCUT2D eigenvalue weighted by atomic mass is 16.3. The molecule has 0 aromatic carbocycles. The Bertz CT molecular complexity index is 187. The molecule has 2 N–H and O–H groups in total. The van der Waals surface area contributed by atoms with E-state index in [1.165, 1.54) is 25.8 Å². The van der Waals surface area contributed by atoms with E-state index in [-0.39, 0.29) is 6.61 Å². The first kappa shape index (κ1) is 13.9. The molecule has 1 aliphatic rings. The molecule has 0 spiro atoms. The first-order valence-electron chi connectivity index (χ1n) is 6.79. The van der Waals surface area contributed by atoms with E-state index < -0.39 is 0 Å². The number of nitrogens with zero attached hydrogens (tertiary/aromatic N) is 1. The molecule has 0 aromatic heterocycles. The number of rotatable bonds is 6. The molecule has 96 valence electrons. The van der Waals surface area contributed by atoms with Gasteiger partial charge in [-0.05, 0) is 25.7 Å². The minimum atomic E-state index is 0.247. The molecule has 0 amide bonds. The molecule has 0 radical (unpaired) electrons. The van der Waals surface area contributed by atoms with Gasteiger partial charge in [-0.3, -0.25) is 4.90 Å². The van der Waals surface area contributed by atoms with Crippen molar-refractivity contribution in [1.82, 2.24) is 10.2 Å². The number of hydrogen-bond donors (Lipinski definition) is 2. The number of nitrogens with one attached hydrogen (secondary N) is 1. The predicted molar refractivity (Wildman–Crippen MR) is 68.6 cm³/mol. The van der Waals surface area contributed by atoms with Crippen LogP contribution in [0.2, 0.25) is 0 Å². The van der Waals surface area contributed by atoms with Gasteiger partial charge in [0.25, 0.3) is 0 Å². The largest absolute Gasteiger partial charge is 0.395 e. The van der Waals surface area contributed by atoms with Gasteiger partial charge < -0.3 is 10.4 Å². The van der Waals surface area contributed by atoms with E-state index >= 15 is 0 Å². The second kappa shape index (κ2) is 7.25. The van der Waals surface area contributed by atoms with Gasteiger partial charge in [-0.1, -0.05) is 20.3 Å². The third kappa shape index (κ3) is 4.04. The van der Waals surface area contributed by atoms with Gasteiger partial charge in [0.1, 0.15) is 0 Å². The first-order chi connectivity index (χ1) is 7.71. The Balaban J connectivity index is 2.47. The summed E-state index contributed by atoms with van der Waals surface area (Å²) < 4.78 is 0. The molecule has 1 fully saturated rings. The Morgan fingerprint density at radius 3 is 2.69 bits per heavy atom. The van der Waals surface area contributed by atoms with Crippen molar-refractivity contribution in [1.29, 1.82) is 0 Å². The van der Waals surface area contributed by atoms with E-state index in [9.17, 15) is 0 Å². The van der Waals surface area contributed by atoms with Crippen LogP contribution < -0.4 is 5.32 Å². The van der Waals surface area contributed by atoms with Crippen LogP contribution in [-0.2, 0) is 0 Å². The van der Waals surface area contributed by atoms with Crippen molar-refractivity contribution < 1.29 is 5.11 Å². The van der Waals surface area contributed by atoms with Gasteiger partial charge in [-0.2, -0.15) is 0 Å². The standard InChI is InChI=1S/C13H28N2O/c1-4-11(3)15-9-12(5-2)8-13(10-15)14-6-7-16/h11-14,16H,4-10H2,1-3H3. The Kier molecular flexibility index (Phi) is 6.32. The van der Waals surface area contributed by atoms with Crippen molar-refractivity contribution in [3.05, 3.63) is 0 Å². The van der Waals surface area contributed by atoms with Crippen LogP contribution in [0.5, 0.6) is 0 Å². The van der Waals surface area contributed by atoms with E-state index in [0.717, 1.165) is 19.0 Å². The lowest BCUT2D eigenvalue weighted by atomic mass is 9.91. The van der Waals surface area contributed by atoms with Crippen LogP contribution in [0.4, 0.5) is 0 Å². The first-order valence-corrected chi connectivity index (χ1v) is 6.79. The van der Waals surface area contributed by atoms with Crippen LogP contribution in [0.1, 0.15) is 40.0 Å². The van der Waals surface area contributed by atoms with Crippen LogP contribution in [0.15, 0.2) is 0 Å². The van der Waals surface area contributed by atoms with Gasteiger partial charge >= 0.3 is 0 Å². The molecule has 0 bridgehead atoms. The van der Waals surface area contributed by atoms with Crippen molar-refractivity contribution in [3.8, 4) is 0 Å². The summed E-state index contributed by atoms with van der Waals surface area (Å²) in [6.07, 6.45) is 3.76. The Morgan fingerprint density at radius 2 is 2.12 bits per heavy atom. The number of aliphatic hydroxyl groups is 1. The quantitative estimate of drug-likeness (QED) is 0.722. The highest BCUT2D eigenvalue weighted by Crippen LogP contribution is 2.22. The fourth-order valence-corrected chi connectivity index (χ4v) is 2.57. The molecule has 1 rings (SSSR count). The fourth-order valence-electron chi connectivity index (χ4n) is 2.57. The molecule has 3 heteroatoms. The minimum Gasteiger partial charge on any atom is -0.395 e. The van der Waals surface area contributed by atoms with Crippen LogP contribution >= 0.6 is 0 Å². The monoisotopic (exact) mass is 228 g/mol. The van der Waals surface area contributed by atoms with Gasteiger partial charge in [0, 0.05) is 31.7 Å². The summed E-state index contributed by atoms with van der Waals surface area (Å²) in [6.45, 7) is 10.2. The van der Waals surface area contributed by atoms with Crippen LogP contribution in [0.3, 0.4) is 0 Å². The third-order valence-corrected chi connectivity index (χ3v) is 3.90. The summed E-state index contributed by atoms with van der Waals surface area (Å²) in [7, 11) is 0. The summed E-state index contributed by atoms with van der Waals surface area (Å²) in [5.74, 6) is 0.818. The molecule has 16 heavy (non-hydrogen) atoms. The Morgan fingerprint density at radius 1 is 1.38 bits per heavy atom. The lowest BCUT2D eigenvalue weighted by Gasteiger charge is -2.41. The van der Waals surface area contributed by atoms with Crippen molar-refractivity contribution in [2.75, 3.05) is 26.2 Å². The second-order valence-corrected chi connectivity index (χ2v) is 5.10. The molecule has 0 saturated carbocycles. The SMILES string of the molecule is CCC1CC(NCCO)CN(C(C)CC)C1. The summed E-state index contributed by atoms with van der Waals surface area (Å²) >= 11 is 0. The second-order valence-electron chi connectivity index (χ2n) is 5.10. The van der Waals surface area contributed by atoms with Gasteiger partial charge in [-0.25, -0.2) is 0 Å². The Labute approximate surface area is 100 Å². The molecule has 1 saturated heterocycles. The maximum absolute atomic E-state index is 8.87. The highest BCUT2D eigenvalue weighted by molar-refractivity contribution is 4.85. The van der Waals surface area contributed by atoms with E-state index in [1.54, 1.807) is 0 Å². The molecule has 0 aliphatic carbocycles. The molecule has 3 atom stereocenters. The lowest BCUT2D eigenvalue weighted by Crippen LogP contribution is -2.52. The molecule has 1 aliphatic heterocycles. The Hall–Kier alpha value is -0.120. The average molecular weight is 228 g/mol. The van der Waals surface area contributed by atoms with Gasteiger partial charge in [0.2, 0.25) is 0 Å². The van der Waals surface area contributed by atoms with Crippen LogP contribution in [0.25, 0.3) is 0 Å². The molecule has 1 heterocycles. The molecular formula is C13H28N2O. The molecule has 3 unspecified atom stereocenters. The zero-order valence-corrected chi connectivity index (χ0v) is 11.1. The van der Waals surface area contributed by atoms with Crippen LogP contribution in [-0.4, -0.2) is 48.3 Å².